The Morgan fingerprint density at radius 1 is 1.32 bits per heavy atom. The lowest BCUT2D eigenvalue weighted by Crippen LogP contribution is -2.56. The van der Waals surface area contributed by atoms with Crippen molar-refractivity contribution in [1.82, 2.24) is 19.8 Å². The minimum absolute atomic E-state index is 0.0759. The van der Waals surface area contributed by atoms with Gasteiger partial charge in [0.05, 0.1) is 16.5 Å². The SMILES string of the molecule is CN1CC[C@H](NC(=O)C[C@@H]2C(=O)NC=CN2S(=O)(=O)c2cccc(Cl)c2Cl)C(C)(C)C1. The number of carbonyl (C=O) groups is 2. The lowest BCUT2D eigenvalue weighted by atomic mass is 9.79. The van der Waals surface area contributed by atoms with E-state index in [9.17, 15) is 18.0 Å². The van der Waals surface area contributed by atoms with Crippen molar-refractivity contribution in [1.29, 1.82) is 0 Å². The van der Waals surface area contributed by atoms with Gasteiger partial charge in [0.25, 0.3) is 10.0 Å². The number of sulfonamides is 1. The van der Waals surface area contributed by atoms with Gasteiger partial charge in [-0.05, 0) is 37.6 Å². The third-order valence-electron chi connectivity index (χ3n) is 5.66. The van der Waals surface area contributed by atoms with Crippen molar-refractivity contribution >= 4 is 45.0 Å². The Labute approximate surface area is 192 Å². The van der Waals surface area contributed by atoms with Gasteiger partial charge in [0, 0.05) is 25.0 Å². The average Bonchev–Trinajstić information content (AvgIpc) is 2.67. The van der Waals surface area contributed by atoms with Crippen LogP contribution in [0.3, 0.4) is 0 Å². The first-order valence-corrected chi connectivity index (χ1v) is 12.1. The number of amides is 2. The second kappa shape index (κ2) is 8.97. The van der Waals surface area contributed by atoms with Crippen LogP contribution in [0.25, 0.3) is 0 Å². The summed E-state index contributed by atoms with van der Waals surface area (Å²) in [4.78, 5) is 27.3. The Morgan fingerprint density at radius 3 is 2.71 bits per heavy atom. The molecule has 2 aliphatic heterocycles. The fraction of sp³-hybridized carbons (Fsp3) is 0.500. The Kier molecular flexibility index (Phi) is 6.90. The van der Waals surface area contributed by atoms with Gasteiger partial charge in [0.15, 0.2) is 0 Å². The molecule has 1 aromatic carbocycles. The van der Waals surface area contributed by atoms with Crippen molar-refractivity contribution in [3.63, 3.8) is 0 Å². The van der Waals surface area contributed by atoms with Crippen molar-refractivity contribution in [3.05, 3.63) is 40.6 Å². The number of carbonyl (C=O) groups excluding carboxylic acids is 2. The zero-order valence-electron chi connectivity index (χ0n) is 17.6. The van der Waals surface area contributed by atoms with Crippen molar-refractivity contribution in [2.75, 3.05) is 20.1 Å². The Balaban J connectivity index is 1.82. The Hall–Kier alpha value is -1.81. The van der Waals surface area contributed by atoms with E-state index in [1.807, 2.05) is 7.05 Å². The van der Waals surface area contributed by atoms with Crippen LogP contribution in [-0.4, -0.2) is 61.7 Å². The number of hydrogen-bond acceptors (Lipinski definition) is 5. The van der Waals surface area contributed by atoms with Gasteiger partial charge in [0.2, 0.25) is 11.8 Å². The van der Waals surface area contributed by atoms with Gasteiger partial charge in [-0.3, -0.25) is 13.9 Å². The summed E-state index contributed by atoms with van der Waals surface area (Å²) in [5.41, 5.74) is -0.155. The van der Waals surface area contributed by atoms with Gasteiger partial charge in [-0.2, -0.15) is 0 Å². The molecule has 0 spiro atoms. The minimum Gasteiger partial charge on any atom is -0.353 e. The van der Waals surface area contributed by atoms with E-state index in [-0.39, 0.29) is 32.8 Å². The smallest absolute Gasteiger partial charge is 0.266 e. The fourth-order valence-electron chi connectivity index (χ4n) is 4.06. The lowest BCUT2D eigenvalue weighted by molar-refractivity contribution is -0.130. The summed E-state index contributed by atoms with van der Waals surface area (Å²) < 4.78 is 27.3. The number of piperidine rings is 1. The van der Waals surface area contributed by atoms with Crippen LogP contribution < -0.4 is 10.6 Å². The van der Waals surface area contributed by atoms with E-state index in [0.717, 1.165) is 23.8 Å². The van der Waals surface area contributed by atoms with Crippen molar-refractivity contribution in [2.24, 2.45) is 5.41 Å². The molecule has 0 aromatic heterocycles. The van der Waals surface area contributed by atoms with Gasteiger partial charge >= 0.3 is 0 Å². The highest BCUT2D eigenvalue weighted by Crippen LogP contribution is 2.33. The molecule has 8 nitrogen and oxygen atoms in total. The molecule has 2 aliphatic rings. The van der Waals surface area contributed by atoms with E-state index in [1.165, 1.54) is 30.6 Å². The van der Waals surface area contributed by atoms with E-state index in [0.29, 0.717) is 0 Å². The third-order valence-corrected chi connectivity index (χ3v) is 8.42. The maximum Gasteiger partial charge on any atom is 0.266 e. The van der Waals surface area contributed by atoms with Crippen LogP contribution in [0, 0.1) is 5.41 Å². The number of hydrogen-bond donors (Lipinski definition) is 2. The maximum absolute atomic E-state index is 13.2. The van der Waals surface area contributed by atoms with Crippen LogP contribution in [0.2, 0.25) is 10.0 Å². The zero-order chi connectivity index (χ0) is 23.0. The quantitative estimate of drug-likeness (QED) is 0.661. The summed E-state index contributed by atoms with van der Waals surface area (Å²) in [6.07, 6.45) is 2.88. The molecule has 2 heterocycles. The molecule has 0 unspecified atom stereocenters. The second-order valence-corrected chi connectivity index (χ2v) is 11.2. The summed E-state index contributed by atoms with van der Waals surface area (Å²) >= 11 is 12.1. The van der Waals surface area contributed by atoms with E-state index in [2.05, 4.69) is 29.4 Å². The van der Waals surface area contributed by atoms with Crippen molar-refractivity contribution in [2.45, 2.75) is 43.7 Å². The number of nitrogens with zero attached hydrogens (tertiary/aromatic N) is 2. The first-order chi connectivity index (χ1) is 14.4. The molecule has 0 saturated carbocycles. The second-order valence-electron chi connectivity index (χ2n) is 8.57. The molecular formula is C20H26Cl2N4O4S. The highest BCUT2D eigenvalue weighted by molar-refractivity contribution is 7.89. The molecule has 1 aromatic rings. The molecule has 1 fully saturated rings. The minimum atomic E-state index is -4.22. The highest BCUT2D eigenvalue weighted by atomic mass is 35.5. The number of halogens is 2. The normalized spacial score (nSPS) is 24.0. The summed E-state index contributed by atoms with van der Waals surface area (Å²) in [7, 11) is -2.19. The van der Waals surface area contributed by atoms with E-state index in [4.69, 9.17) is 23.2 Å². The van der Waals surface area contributed by atoms with E-state index >= 15 is 0 Å². The largest absolute Gasteiger partial charge is 0.353 e. The summed E-state index contributed by atoms with van der Waals surface area (Å²) in [6, 6.07) is 2.90. The van der Waals surface area contributed by atoms with Crippen LogP contribution in [0.1, 0.15) is 26.7 Å². The van der Waals surface area contributed by atoms with Crippen LogP contribution >= 0.6 is 23.2 Å². The Bertz CT molecular complexity index is 1010. The van der Waals surface area contributed by atoms with Crippen LogP contribution in [-0.2, 0) is 19.6 Å². The summed E-state index contributed by atoms with van der Waals surface area (Å²) in [5.74, 6) is -0.988. The Morgan fingerprint density at radius 2 is 2.03 bits per heavy atom. The average molecular weight is 489 g/mol. The molecule has 3 rings (SSSR count). The topological polar surface area (TPSA) is 98.8 Å². The first-order valence-electron chi connectivity index (χ1n) is 9.86. The number of nitrogens with one attached hydrogen (secondary N) is 2. The van der Waals surface area contributed by atoms with Gasteiger partial charge in [0.1, 0.15) is 10.9 Å². The maximum atomic E-state index is 13.2. The van der Waals surface area contributed by atoms with Crippen LogP contribution in [0.5, 0.6) is 0 Å². The molecule has 31 heavy (non-hydrogen) atoms. The molecule has 0 aliphatic carbocycles. The van der Waals surface area contributed by atoms with Crippen molar-refractivity contribution in [3.8, 4) is 0 Å². The molecule has 1 saturated heterocycles. The lowest BCUT2D eigenvalue weighted by Gasteiger charge is -2.43. The number of benzene rings is 1. The summed E-state index contributed by atoms with van der Waals surface area (Å²) in [6.45, 7) is 5.80. The van der Waals surface area contributed by atoms with E-state index in [1.54, 1.807) is 0 Å². The predicted molar refractivity (Wildman–Crippen MR) is 119 cm³/mol. The van der Waals surface area contributed by atoms with Gasteiger partial charge < -0.3 is 15.5 Å². The third kappa shape index (κ3) is 5.00. The molecule has 2 atom stereocenters. The molecule has 0 bridgehead atoms. The molecule has 170 valence electrons. The molecule has 0 radical (unpaired) electrons. The van der Waals surface area contributed by atoms with Crippen LogP contribution in [0.15, 0.2) is 35.5 Å². The predicted octanol–water partition coefficient (Wildman–Crippen LogP) is 2.19. The first kappa shape index (κ1) is 23.8. The van der Waals surface area contributed by atoms with Gasteiger partial charge in [-0.1, -0.05) is 43.1 Å². The van der Waals surface area contributed by atoms with E-state index < -0.39 is 27.9 Å². The molecule has 2 N–H and O–H groups in total. The number of likely N-dealkylation sites (tertiary alicyclic amines) is 1. The van der Waals surface area contributed by atoms with Crippen LogP contribution in [0.4, 0.5) is 0 Å². The molecule has 2 amide bonds. The number of rotatable bonds is 5. The van der Waals surface area contributed by atoms with Gasteiger partial charge in [-0.15, -0.1) is 0 Å². The fourth-order valence-corrected chi connectivity index (χ4v) is 6.25. The highest BCUT2D eigenvalue weighted by Gasteiger charge is 2.40. The van der Waals surface area contributed by atoms with Gasteiger partial charge in [-0.25, -0.2) is 8.42 Å². The standard InChI is InChI=1S/C20H26Cl2N4O4S/c1-20(2)12-25(3)9-7-16(20)24-17(27)11-14-19(28)23-8-10-26(14)31(29,30)15-6-4-5-13(21)18(15)22/h4-6,8,10,14,16H,7,9,11-12H2,1-3H3,(H,23,28)(H,24,27)/t14-,16+/m1/s1. The zero-order valence-corrected chi connectivity index (χ0v) is 19.9. The summed E-state index contributed by atoms with van der Waals surface area (Å²) in [5, 5.41) is 5.40. The molecule has 11 heteroatoms. The monoisotopic (exact) mass is 488 g/mol. The molecular weight excluding hydrogens is 463 g/mol. The van der Waals surface area contributed by atoms with Crippen molar-refractivity contribution < 1.29 is 18.0 Å².